The van der Waals surface area contributed by atoms with Crippen molar-refractivity contribution in [3.8, 4) is 0 Å². The predicted octanol–water partition coefficient (Wildman–Crippen LogP) is 1.44. The van der Waals surface area contributed by atoms with Crippen LogP contribution in [0.3, 0.4) is 0 Å². The molecule has 3 amide bonds. The Balaban J connectivity index is 2.09. The number of furan rings is 1. The van der Waals surface area contributed by atoms with Gasteiger partial charge in [-0.1, -0.05) is 15.9 Å². The molecule has 7 nitrogen and oxygen atoms in total. The van der Waals surface area contributed by atoms with Crippen LogP contribution in [-0.2, 0) is 14.8 Å². The second kappa shape index (κ2) is 4.32. The third-order valence-electron chi connectivity index (χ3n) is 2.76. The lowest BCUT2D eigenvalue weighted by Crippen LogP contribution is -2.33. The van der Waals surface area contributed by atoms with Crippen molar-refractivity contribution >= 4 is 48.9 Å². The van der Waals surface area contributed by atoms with Crippen molar-refractivity contribution in [2.24, 2.45) is 0 Å². The molecule has 1 N–H and O–H groups in total. The normalized spacial score (nSPS) is 15.9. The quantitative estimate of drug-likeness (QED) is 0.819. The molecular weight excluding hydrogens is 352 g/mol. The topological polar surface area (TPSA) is 96.7 Å². The number of imide groups is 1. The van der Waals surface area contributed by atoms with Crippen LogP contribution < -0.4 is 5.32 Å². The smallest absolute Gasteiger partial charge is 0.338 e. The number of nitrogens with zero attached hydrogens (tertiary/aromatic N) is 1. The number of fused-ring (bicyclic) bond motifs is 1. The SMILES string of the molecule is O=C1CN(S(=O)(=O)c2cc3ccc(Br)cc3o2)C(=O)N1. The number of hydrogen-bond acceptors (Lipinski definition) is 5. The van der Waals surface area contributed by atoms with E-state index in [0.717, 1.165) is 4.47 Å². The van der Waals surface area contributed by atoms with Crippen molar-refractivity contribution in [3.63, 3.8) is 0 Å². The molecule has 2 heterocycles. The zero-order valence-corrected chi connectivity index (χ0v) is 12.2. The molecule has 1 aliphatic rings. The first-order chi connectivity index (χ1) is 9.38. The molecule has 1 saturated heterocycles. The molecule has 3 rings (SSSR count). The number of carbonyl (C=O) groups is 2. The Kier molecular flexibility index (Phi) is 2.83. The molecule has 1 aromatic heterocycles. The highest BCUT2D eigenvalue weighted by molar-refractivity contribution is 9.10. The minimum atomic E-state index is -4.18. The maximum absolute atomic E-state index is 12.3. The highest BCUT2D eigenvalue weighted by atomic mass is 79.9. The first kappa shape index (κ1) is 13.1. The Bertz CT molecular complexity index is 842. The van der Waals surface area contributed by atoms with E-state index in [9.17, 15) is 18.0 Å². The molecule has 0 saturated carbocycles. The lowest BCUT2D eigenvalue weighted by atomic mass is 10.3. The van der Waals surface area contributed by atoms with Gasteiger partial charge in [0.05, 0.1) is 0 Å². The molecule has 0 atom stereocenters. The van der Waals surface area contributed by atoms with Gasteiger partial charge in [-0.15, -0.1) is 0 Å². The fourth-order valence-electron chi connectivity index (χ4n) is 1.83. The van der Waals surface area contributed by atoms with Gasteiger partial charge in [-0.25, -0.2) is 9.10 Å². The molecular formula is C11H7BrN2O5S. The van der Waals surface area contributed by atoms with E-state index < -0.39 is 28.5 Å². The molecule has 0 bridgehead atoms. The Morgan fingerprint density at radius 3 is 2.65 bits per heavy atom. The van der Waals surface area contributed by atoms with E-state index in [1.54, 1.807) is 18.2 Å². The zero-order valence-electron chi connectivity index (χ0n) is 9.79. The van der Waals surface area contributed by atoms with E-state index in [4.69, 9.17) is 4.42 Å². The van der Waals surface area contributed by atoms with E-state index in [2.05, 4.69) is 15.9 Å². The Morgan fingerprint density at radius 2 is 2.00 bits per heavy atom. The number of amides is 3. The molecule has 20 heavy (non-hydrogen) atoms. The number of urea groups is 1. The first-order valence-corrected chi connectivity index (χ1v) is 7.67. The van der Waals surface area contributed by atoms with Crippen LogP contribution >= 0.6 is 15.9 Å². The van der Waals surface area contributed by atoms with Gasteiger partial charge in [0.25, 0.3) is 0 Å². The van der Waals surface area contributed by atoms with Gasteiger partial charge < -0.3 is 4.42 Å². The lowest BCUT2D eigenvalue weighted by molar-refractivity contribution is -0.118. The number of sulfonamides is 1. The molecule has 1 aliphatic heterocycles. The lowest BCUT2D eigenvalue weighted by Gasteiger charge is -2.10. The number of halogens is 1. The zero-order chi connectivity index (χ0) is 14.5. The van der Waals surface area contributed by atoms with E-state index in [1.807, 2.05) is 5.32 Å². The van der Waals surface area contributed by atoms with Crippen LogP contribution in [0.25, 0.3) is 11.0 Å². The average molecular weight is 359 g/mol. The Labute approximate surface area is 121 Å². The summed E-state index contributed by atoms with van der Waals surface area (Å²) in [5.41, 5.74) is 0.365. The molecule has 0 spiro atoms. The van der Waals surface area contributed by atoms with Gasteiger partial charge in [-0.3, -0.25) is 10.1 Å². The maximum Gasteiger partial charge on any atom is 0.338 e. The van der Waals surface area contributed by atoms with Gasteiger partial charge in [0.2, 0.25) is 11.0 Å². The molecule has 104 valence electrons. The average Bonchev–Trinajstić information content (AvgIpc) is 2.92. The predicted molar refractivity (Wildman–Crippen MR) is 71.3 cm³/mol. The van der Waals surface area contributed by atoms with Crippen LogP contribution in [0.2, 0.25) is 0 Å². The van der Waals surface area contributed by atoms with E-state index in [0.29, 0.717) is 15.3 Å². The van der Waals surface area contributed by atoms with Gasteiger partial charge in [-0.2, -0.15) is 8.42 Å². The summed E-state index contributed by atoms with van der Waals surface area (Å²) in [5.74, 6) is -0.669. The summed E-state index contributed by atoms with van der Waals surface area (Å²) >= 11 is 3.25. The van der Waals surface area contributed by atoms with Crippen molar-refractivity contribution in [1.82, 2.24) is 9.62 Å². The van der Waals surface area contributed by atoms with Crippen LogP contribution in [0.4, 0.5) is 4.79 Å². The summed E-state index contributed by atoms with van der Waals surface area (Å²) in [6.07, 6.45) is 0. The summed E-state index contributed by atoms with van der Waals surface area (Å²) in [4.78, 5) is 22.5. The molecule has 1 aromatic carbocycles. The maximum atomic E-state index is 12.3. The van der Waals surface area contributed by atoms with Crippen molar-refractivity contribution in [2.75, 3.05) is 6.54 Å². The number of nitrogens with one attached hydrogen (secondary N) is 1. The van der Waals surface area contributed by atoms with Crippen molar-refractivity contribution in [1.29, 1.82) is 0 Å². The van der Waals surface area contributed by atoms with E-state index in [-0.39, 0.29) is 5.09 Å². The molecule has 0 aliphatic carbocycles. The number of carbonyl (C=O) groups excluding carboxylic acids is 2. The van der Waals surface area contributed by atoms with Crippen molar-refractivity contribution in [3.05, 3.63) is 28.7 Å². The van der Waals surface area contributed by atoms with Gasteiger partial charge in [0, 0.05) is 15.9 Å². The van der Waals surface area contributed by atoms with Crippen LogP contribution in [0.1, 0.15) is 0 Å². The van der Waals surface area contributed by atoms with Gasteiger partial charge >= 0.3 is 16.1 Å². The number of rotatable bonds is 2. The van der Waals surface area contributed by atoms with Crippen LogP contribution in [-0.4, -0.2) is 31.2 Å². The van der Waals surface area contributed by atoms with Crippen molar-refractivity contribution < 1.29 is 22.4 Å². The molecule has 2 aromatic rings. The third kappa shape index (κ3) is 1.98. The van der Waals surface area contributed by atoms with Crippen molar-refractivity contribution in [2.45, 2.75) is 5.09 Å². The molecule has 0 unspecified atom stereocenters. The summed E-state index contributed by atoms with van der Waals surface area (Å²) in [5, 5.41) is 2.11. The fraction of sp³-hybridized carbons (Fsp3) is 0.0909. The van der Waals surface area contributed by atoms with Crippen LogP contribution in [0, 0.1) is 0 Å². The molecule has 1 fully saturated rings. The minimum absolute atomic E-state index is 0.365. The largest absolute Gasteiger partial charge is 0.443 e. The summed E-state index contributed by atoms with van der Waals surface area (Å²) in [6, 6.07) is 5.37. The Morgan fingerprint density at radius 1 is 1.25 bits per heavy atom. The third-order valence-corrected chi connectivity index (χ3v) is 4.84. The van der Waals surface area contributed by atoms with Crippen LogP contribution in [0.15, 0.2) is 38.2 Å². The Hall–Kier alpha value is -1.87. The monoisotopic (exact) mass is 358 g/mol. The summed E-state index contributed by atoms with van der Waals surface area (Å²) < 4.78 is 30.9. The van der Waals surface area contributed by atoms with E-state index >= 15 is 0 Å². The number of benzene rings is 1. The number of hydrogen-bond donors (Lipinski definition) is 1. The fourth-order valence-corrected chi connectivity index (χ4v) is 3.41. The second-order valence-corrected chi connectivity index (χ2v) is 6.82. The summed E-state index contributed by atoms with van der Waals surface area (Å²) in [6.45, 7) is -0.540. The second-order valence-electron chi connectivity index (χ2n) is 4.11. The molecule has 0 radical (unpaired) electrons. The standard InChI is InChI=1S/C11H7BrN2O5S/c12-7-2-1-6-3-10(19-8(6)4-7)20(17,18)14-5-9(15)13-11(14)16/h1-4H,5H2,(H,13,15,16). The van der Waals surface area contributed by atoms with Crippen LogP contribution in [0.5, 0.6) is 0 Å². The molecule has 9 heteroatoms. The van der Waals surface area contributed by atoms with Gasteiger partial charge in [0.1, 0.15) is 12.1 Å². The summed E-state index contributed by atoms with van der Waals surface area (Å²) in [7, 11) is -4.18. The highest BCUT2D eigenvalue weighted by Gasteiger charge is 2.39. The van der Waals surface area contributed by atoms with E-state index in [1.165, 1.54) is 6.07 Å². The van der Waals surface area contributed by atoms with Gasteiger partial charge in [-0.05, 0) is 18.2 Å². The minimum Gasteiger partial charge on any atom is -0.443 e. The first-order valence-electron chi connectivity index (χ1n) is 5.43. The highest BCUT2D eigenvalue weighted by Crippen LogP contribution is 2.28. The van der Waals surface area contributed by atoms with Gasteiger partial charge in [0.15, 0.2) is 0 Å².